The smallest absolute Gasteiger partial charge is 0.103 e. The molecule has 1 aliphatic heterocycles. The van der Waals surface area contributed by atoms with Crippen molar-refractivity contribution in [3.63, 3.8) is 0 Å². The minimum Gasteiger partial charge on any atom is -0.393 e. The maximum absolute atomic E-state index is 12.7. The van der Waals surface area contributed by atoms with Crippen LogP contribution in [0.15, 0.2) is 65.6 Å². The fraction of sp³-hybridized carbons (Fsp3) is 0.368. The van der Waals surface area contributed by atoms with Gasteiger partial charge in [-0.05, 0) is 24.1 Å². The molecule has 128 valence electrons. The van der Waals surface area contributed by atoms with Gasteiger partial charge in [-0.25, -0.2) is 0 Å². The van der Waals surface area contributed by atoms with Crippen molar-refractivity contribution in [2.45, 2.75) is 35.3 Å². The van der Waals surface area contributed by atoms with Crippen molar-refractivity contribution in [1.29, 1.82) is 0 Å². The zero-order valence-electron chi connectivity index (χ0n) is 13.5. The summed E-state index contributed by atoms with van der Waals surface area (Å²) in [7, 11) is -1.14. The summed E-state index contributed by atoms with van der Waals surface area (Å²) in [4.78, 5) is 2.17. The number of halogens is 1. The van der Waals surface area contributed by atoms with Crippen LogP contribution in [0.3, 0.4) is 0 Å². The van der Waals surface area contributed by atoms with E-state index in [1.54, 1.807) is 0 Å². The zero-order chi connectivity index (χ0) is 17.0. The number of alkyl halides is 1. The SMILES string of the molecule is O=S(CN1CCC(O)CC1(Cl)Cc1ccccc1)c1ccccc1. The highest BCUT2D eigenvalue weighted by molar-refractivity contribution is 7.85. The first-order valence-electron chi connectivity index (χ1n) is 8.16. The fourth-order valence-corrected chi connectivity index (χ4v) is 4.98. The van der Waals surface area contributed by atoms with Gasteiger partial charge < -0.3 is 5.11 Å². The summed E-state index contributed by atoms with van der Waals surface area (Å²) in [6, 6.07) is 19.5. The van der Waals surface area contributed by atoms with Gasteiger partial charge in [0.25, 0.3) is 0 Å². The van der Waals surface area contributed by atoms with Gasteiger partial charge in [-0.2, -0.15) is 0 Å². The quantitative estimate of drug-likeness (QED) is 0.654. The number of aliphatic hydroxyl groups is 1. The molecule has 3 nitrogen and oxygen atoms in total. The van der Waals surface area contributed by atoms with Crippen molar-refractivity contribution in [3.05, 3.63) is 66.2 Å². The highest BCUT2D eigenvalue weighted by atomic mass is 35.5. The predicted molar refractivity (Wildman–Crippen MR) is 98.4 cm³/mol. The Morgan fingerprint density at radius 2 is 1.75 bits per heavy atom. The van der Waals surface area contributed by atoms with Crippen molar-refractivity contribution in [2.75, 3.05) is 12.4 Å². The maximum Gasteiger partial charge on any atom is 0.103 e. The van der Waals surface area contributed by atoms with Gasteiger partial charge in [-0.3, -0.25) is 9.11 Å². The molecule has 5 heteroatoms. The van der Waals surface area contributed by atoms with Gasteiger partial charge in [0.1, 0.15) is 5.00 Å². The lowest BCUT2D eigenvalue weighted by molar-refractivity contribution is 0.0322. The van der Waals surface area contributed by atoms with E-state index < -0.39 is 21.9 Å². The Labute approximate surface area is 150 Å². The van der Waals surface area contributed by atoms with Crippen LogP contribution >= 0.6 is 11.6 Å². The first-order valence-corrected chi connectivity index (χ1v) is 9.86. The third kappa shape index (κ3) is 4.25. The van der Waals surface area contributed by atoms with Crippen LogP contribution in [-0.4, -0.2) is 37.7 Å². The molecule has 24 heavy (non-hydrogen) atoms. The Morgan fingerprint density at radius 3 is 2.42 bits per heavy atom. The van der Waals surface area contributed by atoms with E-state index in [1.165, 1.54) is 0 Å². The third-order valence-corrected chi connectivity index (χ3v) is 6.32. The molecule has 0 bridgehead atoms. The number of rotatable bonds is 5. The second kappa shape index (κ2) is 7.79. The molecule has 0 aromatic heterocycles. The summed E-state index contributed by atoms with van der Waals surface area (Å²) in [5, 5.41) is 10.1. The van der Waals surface area contributed by atoms with Crippen LogP contribution in [0.25, 0.3) is 0 Å². The van der Waals surface area contributed by atoms with Crippen molar-refractivity contribution < 1.29 is 9.32 Å². The van der Waals surface area contributed by atoms with Crippen molar-refractivity contribution in [3.8, 4) is 0 Å². The number of hydrogen-bond acceptors (Lipinski definition) is 3. The largest absolute Gasteiger partial charge is 0.393 e. The van der Waals surface area contributed by atoms with E-state index >= 15 is 0 Å². The highest BCUT2D eigenvalue weighted by Crippen LogP contribution is 2.36. The Kier molecular flexibility index (Phi) is 5.72. The molecule has 3 unspecified atom stereocenters. The topological polar surface area (TPSA) is 40.5 Å². The summed E-state index contributed by atoms with van der Waals surface area (Å²) in [6.07, 6.45) is 1.36. The molecular formula is C19H22ClNO2S. The van der Waals surface area contributed by atoms with Gasteiger partial charge in [0.2, 0.25) is 0 Å². The summed E-state index contributed by atoms with van der Waals surface area (Å²) in [5.41, 5.74) is 1.12. The number of nitrogens with zero attached hydrogens (tertiary/aromatic N) is 1. The van der Waals surface area contributed by atoms with E-state index in [1.807, 2.05) is 60.7 Å². The van der Waals surface area contributed by atoms with Crippen LogP contribution in [0.5, 0.6) is 0 Å². The monoisotopic (exact) mass is 363 g/mol. The number of piperidine rings is 1. The van der Waals surface area contributed by atoms with Gasteiger partial charge in [0.15, 0.2) is 0 Å². The molecule has 0 radical (unpaired) electrons. The number of likely N-dealkylation sites (tertiary alicyclic amines) is 1. The summed E-state index contributed by atoms with van der Waals surface area (Å²) >= 11 is 6.93. The van der Waals surface area contributed by atoms with Gasteiger partial charge >= 0.3 is 0 Å². The van der Waals surface area contributed by atoms with Crippen molar-refractivity contribution in [2.24, 2.45) is 0 Å². The van der Waals surface area contributed by atoms with Crippen molar-refractivity contribution in [1.82, 2.24) is 4.90 Å². The Morgan fingerprint density at radius 1 is 1.12 bits per heavy atom. The highest BCUT2D eigenvalue weighted by Gasteiger charge is 2.41. The average Bonchev–Trinajstić information content (AvgIpc) is 2.59. The summed E-state index contributed by atoms with van der Waals surface area (Å²) in [6.45, 7) is 0.649. The Bertz CT molecular complexity index is 682. The summed E-state index contributed by atoms with van der Waals surface area (Å²) < 4.78 is 12.7. The van der Waals surface area contributed by atoms with E-state index in [9.17, 15) is 9.32 Å². The molecule has 1 fully saturated rings. The van der Waals surface area contributed by atoms with E-state index in [-0.39, 0.29) is 0 Å². The van der Waals surface area contributed by atoms with E-state index in [0.717, 1.165) is 10.5 Å². The molecule has 2 aromatic carbocycles. The normalized spacial score (nSPS) is 26.2. The van der Waals surface area contributed by atoms with Crippen LogP contribution in [-0.2, 0) is 17.2 Å². The molecule has 0 amide bonds. The first-order chi connectivity index (χ1) is 11.6. The van der Waals surface area contributed by atoms with Gasteiger partial charge in [0, 0.05) is 24.3 Å². The predicted octanol–water partition coefficient (Wildman–Crippen LogP) is 3.39. The van der Waals surface area contributed by atoms with Crippen LogP contribution in [0.1, 0.15) is 18.4 Å². The first kappa shape index (κ1) is 17.6. The molecule has 2 aromatic rings. The second-order valence-electron chi connectivity index (χ2n) is 6.28. The molecule has 1 N–H and O–H groups in total. The Balaban J connectivity index is 1.77. The molecule has 3 atom stereocenters. The van der Waals surface area contributed by atoms with Crippen LogP contribution in [0.2, 0.25) is 0 Å². The third-order valence-electron chi connectivity index (χ3n) is 4.44. The van der Waals surface area contributed by atoms with Crippen LogP contribution < -0.4 is 0 Å². The van der Waals surface area contributed by atoms with E-state index in [4.69, 9.17) is 11.6 Å². The minimum atomic E-state index is -1.14. The molecule has 1 saturated heterocycles. The molecule has 0 saturated carbocycles. The van der Waals surface area contributed by atoms with E-state index in [0.29, 0.717) is 31.7 Å². The summed E-state index contributed by atoms with van der Waals surface area (Å²) in [5.74, 6) is 0.382. The molecular weight excluding hydrogens is 342 g/mol. The number of hydrogen-bond donors (Lipinski definition) is 1. The zero-order valence-corrected chi connectivity index (χ0v) is 15.0. The van der Waals surface area contributed by atoms with Gasteiger partial charge in [-0.15, -0.1) is 11.6 Å². The molecule has 0 spiro atoms. The maximum atomic E-state index is 12.7. The van der Waals surface area contributed by atoms with Crippen LogP contribution in [0.4, 0.5) is 0 Å². The van der Waals surface area contributed by atoms with Gasteiger partial charge in [0.05, 0.1) is 22.8 Å². The van der Waals surface area contributed by atoms with Crippen molar-refractivity contribution >= 4 is 22.4 Å². The molecule has 3 rings (SSSR count). The lowest BCUT2D eigenvalue weighted by Gasteiger charge is -2.44. The van der Waals surface area contributed by atoms with E-state index in [2.05, 4.69) is 4.90 Å². The molecule has 1 heterocycles. The Hall–Kier alpha value is -1.20. The number of benzene rings is 2. The fourth-order valence-electron chi connectivity index (χ4n) is 3.16. The average molecular weight is 364 g/mol. The molecule has 0 aliphatic carbocycles. The number of aliphatic hydroxyl groups excluding tert-OH is 1. The standard InChI is InChI=1S/C19H22ClNO2S/c20-19(13-16-7-3-1-4-8-16)14-17(22)11-12-21(19)15-24(23)18-9-5-2-6-10-18/h1-10,17,22H,11-15H2. The second-order valence-corrected chi connectivity index (χ2v) is 8.40. The lowest BCUT2D eigenvalue weighted by atomic mass is 9.93. The lowest BCUT2D eigenvalue weighted by Crippen LogP contribution is -2.53. The van der Waals surface area contributed by atoms with Gasteiger partial charge in [-0.1, -0.05) is 48.5 Å². The molecule has 1 aliphatic rings. The van der Waals surface area contributed by atoms with Crippen LogP contribution in [0, 0.1) is 0 Å². The minimum absolute atomic E-state index is 0.382.